The Morgan fingerprint density at radius 1 is 1.36 bits per heavy atom. The van der Waals surface area contributed by atoms with Crippen molar-refractivity contribution in [1.29, 1.82) is 0 Å². The van der Waals surface area contributed by atoms with Crippen molar-refractivity contribution in [1.82, 2.24) is 15.5 Å². The van der Waals surface area contributed by atoms with Gasteiger partial charge in [0, 0.05) is 11.1 Å². The van der Waals surface area contributed by atoms with Crippen molar-refractivity contribution in [3.05, 3.63) is 34.9 Å². The Morgan fingerprint density at radius 3 is 2.59 bits per heavy atom. The molecular formula is C15H16ClN3O3. The number of rotatable bonds is 4. The summed E-state index contributed by atoms with van der Waals surface area (Å²) in [5.41, 5.74) is -0.554. The maximum absolute atomic E-state index is 12.6. The maximum atomic E-state index is 12.6. The van der Waals surface area contributed by atoms with Crippen LogP contribution in [0, 0.1) is 0 Å². The molecule has 7 heteroatoms. The van der Waals surface area contributed by atoms with Gasteiger partial charge in [0.1, 0.15) is 12.1 Å². The predicted molar refractivity (Wildman–Crippen MR) is 80.2 cm³/mol. The second kappa shape index (κ2) is 5.28. The van der Waals surface area contributed by atoms with Crippen molar-refractivity contribution in [2.75, 3.05) is 6.54 Å². The largest absolute Gasteiger partial charge is 0.352 e. The molecule has 1 aliphatic heterocycles. The average Bonchev–Trinajstić information content (AvgIpc) is 3.24. The first-order valence-electron chi connectivity index (χ1n) is 7.09. The number of carbonyl (C=O) groups is 3. The molecular weight excluding hydrogens is 306 g/mol. The summed E-state index contributed by atoms with van der Waals surface area (Å²) in [5.74, 6) is -0.753. The molecule has 6 nitrogen and oxygen atoms in total. The van der Waals surface area contributed by atoms with E-state index in [-0.39, 0.29) is 18.5 Å². The fourth-order valence-electron chi connectivity index (χ4n) is 2.46. The highest BCUT2D eigenvalue weighted by atomic mass is 35.5. The predicted octanol–water partition coefficient (Wildman–Crippen LogP) is 1.39. The van der Waals surface area contributed by atoms with Gasteiger partial charge < -0.3 is 10.6 Å². The summed E-state index contributed by atoms with van der Waals surface area (Å²) in [4.78, 5) is 37.4. The van der Waals surface area contributed by atoms with E-state index in [9.17, 15) is 14.4 Å². The van der Waals surface area contributed by atoms with Gasteiger partial charge in [0.2, 0.25) is 5.91 Å². The van der Waals surface area contributed by atoms with E-state index in [1.54, 1.807) is 31.2 Å². The van der Waals surface area contributed by atoms with E-state index in [4.69, 9.17) is 11.6 Å². The third-order valence-corrected chi connectivity index (χ3v) is 4.19. The molecule has 1 saturated heterocycles. The number of benzene rings is 1. The SMILES string of the molecule is CC1(c2ccc(Cl)cc2)NC(=O)N(CC(=O)NC2CC2)C1=O. The molecule has 1 aliphatic carbocycles. The lowest BCUT2D eigenvalue weighted by molar-refractivity contribution is -0.134. The van der Waals surface area contributed by atoms with Gasteiger partial charge in [0.05, 0.1) is 0 Å². The molecule has 4 amide bonds. The van der Waals surface area contributed by atoms with E-state index in [2.05, 4.69) is 10.6 Å². The number of hydrogen-bond donors (Lipinski definition) is 2. The Labute approximate surface area is 132 Å². The van der Waals surface area contributed by atoms with E-state index in [0.717, 1.165) is 17.7 Å². The molecule has 0 bridgehead atoms. The van der Waals surface area contributed by atoms with Crippen molar-refractivity contribution in [3.63, 3.8) is 0 Å². The second-order valence-electron chi connectivity index (χ2n) is 5.80. The molecule has 3 rings (SSSR count). The van der Waals surface area contributed by atoms with Gasteiger partial charge in [0.15, 0.2) is 0 Å². The molecule has 1 unspecified atom stereocenters. The second-order valence-corrected chi connectivity index (χ2v) is 6.23. The van der Waals surface area contributed by atoms with Crippen LogP contribution in [-0.4, -0.2) is 35.3 Å². The number of imide groups is 1. The molecule has 2 aliphatic rings. The fraction of sp³-hybridized carbons (Fsp3) is 0.400. The molecule has 1 aromatic carbocycles. The molecule has 2 N–H and O–H groups in total. The fourth-order valence-corrected chi connectivity index (χ4v) is 2.59. The van der Waals surface area contributed by atoms with E-state index >= 15 is 0 Å². The van der Waals surface area contributed by atoms with E-state index in [0.29, 0.717) is 10.6 Å². The molecule has 116 valence electrons. The molecule has 1 saturated carbocycles. The summed E-state index contributed by atoms with van der Waals surface area (Å²) in [5, 5.41) is 5.97. The molecule has 0 aromatic heterocycles. The molecule has 1 heterocycles. The standard InChI is InChI=1S/C15H16ClN3O3/c1-15(9-2-4-10(16)5-3-9)13(21)19(14(22)18-15)8-12(20)17-11-6-7-11/h2-5,11H,6-8H2,1H3,(H,17,20)(H,18,22). The van der Waals surface area contributed by atoms with Crippen molar-refractivity contribution < 1.29 is 14.4 Å². The Kier molecular flexibility index (Phi) is 3.56. The smallest absolute Gasteiger partial charge is 0.325 e. The number of nitrogens with one attached hydrogen (secondary N) is 2. The van der Waals surface area contributed by atoms with Gasteiger partial charge in [-0.3, -0.25) is 14.5 Å². The first kappa shape index (κ1) is 14.8. The van der Waals surface area contributed by atoms with Crippen molar-refractivity contribution in [2.45, 2.75) is 31.3 Å². The monoisotopic (exact) mass is 321 g/mol. The summed E-state index contributed by atoms with van der Waals surface area (Å²) >= 11 is 5.85. The molecule has 1 atom stereocenters. The van der Waals surface area contributed by atoms with Gasteiger partial charge in [-0.2, -0.15) is 0 Å². The first-order valence-corrected chi connectivity index (χ1v) is 7.47. The molecule has 0 radical (unpaired) electrons. The summed E-state index contributed by atoms with van der Waals surface area (Å²) in [6, 6.07) is 6.32. The van der Waals surface area contributed by atoms with Gasteiger partial charge in [-0.15, -0.1) is 0 Å². The lowest BCUT2D eigenvalue weighted by Crippen LogP contribution is -2.43. The Morgan fingerprint density at radius 2 is 2.00 bits per heavy atom. The maximum Gasteiger partial charge on any atom is 0.325 e. The minimum Gasteiger partial charge on any atom is -0.352 e. The van der Waals surface area contributed by atoms with Crippen molar-refractivity contribution >= 4 is 29.4 Å². The van der Waals surface area contributed by atoms with Gasteiger partial charge in [0.25, 0.3) is 5.91 Å². The van der Waals surface area contributed by atoms with Gasteiger partial charge in [-0.05, 0) is 37.5 Å². The Hall–Kier alpha value is -2.08. The summed E-state index contributed by atoms with van der Waals surface area (Å²) in [6.07, 6.45) is 1.91. The van der Waals surface area contributed by atoms with Crippen LogP contribution in [0.3, 0.4) is 0 Å². The van der Waals surface area contributed by atoms with Gasteiger partial charge in [-0.1, -0.05) is 23.7 Å². The summed E-state index contributed by atoms with van der Waals surface area (Å²) in [6.45, 7) is 1.36. The van der Waals surface area contributed by atoms with Crippen molar-refractivity contribution in [2.24, 2.45) is 0 Å². The first-order chi connectivity index (χ1) is 10.4. The number of nitrogens with zero attached hydrogens (tertiary/aromatic N) is 1. The molecule has 0 spiro atoms. The lowest BCUT2D eigenvalue weighted by Gasteiger charge is -2.22. The molecule has 2 fully saturated rings. The zero-order valence-corrected chi connectivity index (χ0v) is 12.8. The van der Waals surface area contributed by atoms with Crippen LogP contribution < -0.4 is 10.6 Å². The van der Waals surface area contributed by atoms with Crippen LogP contribution in [0.25, 0.3) is 0 Å². The average molecular weight is 322 g/mol. The van der Waals surface area contributed by atoms with Crippen LogP contribution in [0.5, 0.6) is 0 Å². The zero-order valence-electron chi connectivity index (χ0n) is 12.1. The minimum absolute atomic E-state index is 0.191. The summed E-state index contributed by atoms with van der Waals surface area (Å²) in [7, 11) is 0. The van der Waals surface area contributed by atoms with Crippen LogP contribution in [0.1, 0.15) is 25.3 Å². The Bertz CT molecular complexity index is 642. The van der Waals surface area contributed by atoms with Gasteiger partial charge >= 0.3 is 6.03 Å². The normalized spacial score (nSPS) is 24.4. The minimum atomic E-state index is -1.18. The number of urea groups is 1. The van der Waals surface area contributed by atoms with Gasteiger partial charge in [-0.25, -0.2) is 4.79 Å². The number of carbonyl (C=O) groups excluding carboxylic acids is 3. The van der Waals surface area contributed by atoms with Crippen molar-refractivity contribution in [3.8, 4) is 0 Å². The van der Waals surface area contributed by atoms with E-state index in [1.807, 2.05) is 0 Å². The summed E-state index contributed by atoms with van der Waals surface area (Å²) < 4.78 is 0. The third kappa shape index (κ3) is 2.66. The highest BCUT2D eigenvalue weighted by Crippen LogP contribution is 2.29. The lowest BCUT2D eigenvalue weighted by atomic mass is 9.92. The third-order valence-electron chi connectivity index (χ3n) is 3.94. The zero-order chi connectivity index (χ0) is 15.9. The number of amides is 4. The quantitative estimate of drug-likeness (QED) is 0.822. The Balaban J connectivity index is 1.77. The van der Waals surface area contributed by atoms with Crippen LogP contribution in [-0.2, 0) is 15.1 Å². The topological polar surface area (TPSA) is 78.5 Å². The highest BCUT2D eigenvalue weighted by Gasteiger charge is 2.49. The van der Waals surface area contributed by atoms with E-state index in [1.165, 1.54) is 0 Å². The number of hydrogen-bond acceptors (Lipinski definition) is 3. The van der Waals surface area contributed by atoms with Crippen LogP contribution in [0.2, 0.25) is 5.02 Å². The number of halogens is 1. The van der Waals surface area contributed by atoms with Crippen LogP contribution >= 0.6 is 11.6 Å². The highest BCUT2D eigenvalue weighted by molar-refractivity contribution is 6.30. The van der Waals surface area contributed by atoms with Crippen LogP contribution in [0.4, 0.5) is 4.79 Å². The molecule has 1 aromatic rings. The molecule has 22 heavy (non-hydrogen) atoms. The van der Waals surface area contributed by atoms with Crippen LogP contribution in [0.15, 0.2) is 24.3 Å². The van der Waals surface area contributed by atoms with E-state index < -0.39 is 17.5 Å².